The van der Waals surface area contributed by atoms with Crippen LogP contribution in [-0.2, 0) is 17.4 Å². The Morgan fingerprint density at radius 3 is 1.33 bits per heavy atom. The number of phosphoric acid groups is 1. The number of hydrogen-bond acceptors (Lipinski definition) is 6. The van der Waals surface area contributed by atoms with Gasteiger partial charge in [0.25, 0.3) is 0 Å². The predicted octanol–water partition coefficient (Wildman–Crippen LogP) is 2.82. The van der Waals surface area contributed by atoms with Crippen LogP contribution < -0.4 is 53.0 Å². The van der Waals surface area contributed by atoms with Crippen LogP contribution in [0.5, 0.6) is 23.0 Å². The van der Waals surface area contributed by atoms with Gasteiger partial charge in [-0.25, -0.2) is 4.57 Å². The molecule has 4 aromatic carbocycles. The third-order valence-corrected chi connectivity index (χ3v) is 6.31. The van der Waals surface area contributed by atoms with E-state index in [4.69, 9.17) is 18.5 Å². The van der Waals surface area contributed by atoms with Crippen LogP contribution in [0.15, 0.2) is 97.1 Å². The van der Waals surface area contributed by atoms with E-state index in [0.29, 0.717) is 12.8 Å². The monoisotopic (exact) mass is 512 g/mol. The summed E-state index contributed by atoms with van der Waals surface area (Å²) in [6, 6.07) is 29.2. The number of rotatable bonds is 10. The largest absolute Gasteiger partial charge is 1.00 e. The summed E-state index contributed by atoms with van der Waals surface area (Å²) >= 11 is 0. The smallest absolute Gasteiger partial charge is 0.736 e. The second-order valence-corrected chi connectivity index (χ2v) is 9.15. The molecule has 0 bridgehead atoms. The summed E-state index contributed by atoms with van der Waals surface area (Å²) in [5.41, 5.74) is 3.44. The molecule has 0 aliphatic rings. The van der Waals surface area contributed by atoms with E-state index in [1.165, 1.54) is 0 Å². The fourth-order valence-electron chi connectivity index (χ4n) is 3.66. The molecule has 0 aliphatic carbocycles. The maximum atomic E-state index is 12.9. The van der Waals surface area contributed by atoms with Crippen LogP contribution in [0.1, 0.15) is 22.3 Å². The van der Waals surface area contributed by atoms with Crippen LogP contribution in [0, 0.1) is 0 Å². The van der Waals surface area contributed by atoms with Crippen molar-refractivity contribution in [1.82, 2.24) is 0 Å². The number of phosphoric ester groups is 1. The molecule has 180 valence electrons. The first-order valence-electron chi connectivity index (χ1n) is 11.1. The summed E-state index contributed by atoms with van der Waals surface area (Å²) in [5, 5.41) is 0. The van der Waals surface area contributed by atoms with E-state index in [-0.39, 0.29) is 41.1 Å². The second kappa shape index (κ2) is 13.0. The van der Waals surface area contributed by atoms with Gasteiger partial charge in [-0.3, -0.25) is 0 Å². The van der Waals surface area contributed by atoms with Gasteiger partial charge in [-0.1, -0.05) is 60.7 Å². The van der Waals surface area contributed by atoms with Crippen LogP contribution >= 0.6 is 7.82 Å². The van der Waals surface area contributed by atoms with E-state index in [0.717, 1.165) is 33.8 Å². The molecule has 8 heteroatoms. The maximum absolute atomic E-state index is 12.9. The molecule has 0 amide bonds. The van der Waals surface area contributed by atoms with E-state index in [9.17, 15) is 9.46 Å². The molecule has 36 heavy (non-hydrogen) atoms. The predicted molar refractivity (Wildman–Crippen MR) is 133 cm³/mol. The second-order valence-electron chi connectivity index (χ2n) is 7.89. The molecule has 0 aliphatic heterocycles. The van der Waals surface area contributed by atoms with Crippen LogP contribution in [0.4, 0.5) is 0 Å². The van der Waals surface area contributed by atoms with E-state index < -0.39 is 7.82 Å². The summed E-state index contributed by atoms with van der Waals surface area (Å²) in [4.78, 5) is 12.9. The molecular weight excluding hydrogens is 486 g/mol. The first-order valence-corrected chi connectivity index (χ1v) is 12.5. The van der Waals surface area contributed by atoms with Crippen molar-refractivity contribution in [2.45, 2.75) is 12.8 Å². The van der Waals surface area contributed by atoms with Gasteiger partial charge in [0.1, 0.15) is 23.0 Å². The minimum absolute atomic E-state index is 0. The number of para-hydroxylation sites is 2. The Bertz CT molecular complexity index is 1210. The minimum atomic E-state index is -4.72. The maximum Gasteiger partial charge on any atom is 1.00 e. The van der Waals surface area contributed by atoms with E-state index >= 15 is 0 Å². The molecule has 0 saturated heterocycles. The Balaban J connectivity index is 0.00000361. The van der Waals surface area contributed by atoms with Gasteiger partial charge in [0.15, 0.2) is 0 Å². The third kappa shape index (κ3) is 7.63. The quantitative estimate of drug-likeness (QED) is 0.240. The molecule has 0 N–H and O–H groups in total. The third-order valence-electron chi connectivity index (χ3n) is 5.47. The molecule has 0 radical (unpaired) electrons. The normalized spacial score (nSPS) is 10.8. The minimum Gasteiger partial charge on any atom is -0.736 e. The van der Waals surface area contributed by atoms with Crippen molar-refractivity contribution in [3.63, 3.8) is 0 Å². The Morgan fingerprint density at radius 2 is 0.972 bits per heavy atom. The summed E-state index contributed by atoms with van der Waals surface area (Å²) in [7, 11) is -1.49. The van der Waals surface area contributed by atoms with Gasteiger partial charge in [-0.15, -0.1) is 0 Å². The van der Waals surface area contributed by atoms with E-state index in [2.05, 4.69) is 0 Å². The number of hydrogen-bond donors (Lipinski definition) is 0. The van der Waals surface area contributed by atoms with Gasteiger partial charge in [0, 0.05) is 12.8 Å². The van der Waals surface area contributed by atoms with E-state index in [1.807, 2.05) is 72.8 Å². The van der Waals surface area contributed by atoms with E-state index in [1.54, 1.807) is 38.5 Å². The van der Waals surface area contributed by atoms with Crippen molar-refractivity contribution in [1.29, 1.82) is 0 Å². The molecule has 4 aromatic rings. The standard InChI is InChI=1S/C28H27O6P.Na/c1-31-25-15-11-21(12-16-25)19-23-7-3-5-9-27(23)33-35(29,30)34-28-10-6-4-8-24(28)20-22-13-17-26(32-2)18-14-22;/h3-18H,19-20H2,1-2H3,(H,29,30);/q;+1/p-1. The molecule has 0 unspecified atom stereocenters. The molecule has 0 heterocycles. The van der Waals surface area contributed by atoms with Crippen molar-refractivity contribution in [3.05, 3.63) is 119 Å². The molecule has 0 saturated carbocycles. The van der Waals surface area contributed by atoms with Gasteiger partial charge < -0.3 is 23.4 Å². The molecule has 0 fully saturated rings. The van der Waals surface area contributed by atoms with Crippen molar-refractivity contribution in [2.75, 3.05) is 14.2 Å². The molecule has 6 nitrogen and oxygen atoms in total. The van der Waals surface area contributed by atoms with Gasteiger partial charge in [-0.05, 0) is 58.7 Å². The van der Waals surface area contributed by atoms with Gasteiger partial charge in [0.2, 0.25) is 0 Å². The van der Waals surface area contributed by atoms with Crippen molar-refractivity contribution in [2.24, 2.45) is 0 Å². The summed E-state index contributed by atoms with van der Waals surface area (Å²) in [6.45, 7) is 0. The Morgan fingerprint density at radius 1 is 0.611 bits per heavy atom. The molecular formula is C28H26NaO6P. The number of methoxy groups -OCH3 is 2. The molecule has 0 spiro atoms. The van der Waals surface area contributed by atoms with Crippen LogP contribution in [0.3, 0.4) is 0 Å². The molecule has 4 rings (SSSR count). The topological polar surface area (TPSA) is 77.1 Å². The van der Waals surface area contributed by atoms with Crippen molar-refractivity contribution >= 4 is 7.82 Å². The fourth-order valence-corrected chi connectivity index (χ4v) is 4.54. The fraction of sp³-hybridized carbons (Fsp3) is 0.143. The zero-order valence-electron chi connectivity index (χ0n) is 20.5. The number of benzene rings is 4. The Labute approximate surface area is 233 Å². The summed E-state index contributed by atoms with van der Waals surface area (Å²) in [5.74, 6) is 1.97. The molecule has 0 aromatic heterocycles. The van der Waals surface area contributed by atoms with Gasteiger partial charge in [0.05, 0.1) is 14.2 Å². The zero-order valence-corrected chi connectivity index (χ0v) is 23.4. The average molecular weight is 512 g/mol. The van der Waals surface area contributed by atoms with Crippen molar-refractivity contribution in [3.8, 4) is 23.0 Å². The van der Waals surface area contributed by atoms with Crippen LogP contribution in [-0.4, -0.2) is 14.2 Å². The van der Waals surface area contributed by atoms with Crippen LogP contribution in [0.25, 0.3) is 0 Å². The summed E-state index contributed by atoms with van der Waals surface area (Å²) in [6.07, 6.45) is 0.989. The molecule has 0 atom stereocenters. The first-order chi connectivity index (χ1) is 17.0. The van der Waals surface area contributed by atoms with Gasteiger partial charge in [-0.2, -0.15) is 0 Å². The number of ether oxygens (including phenoxy) is 2. The van der Waals surface area contributed by atoms with Gasteiger partial charge >= 0.3 is 37.4 Å². The zero-order chi connectivity index (χ0) is 24.7. The van der Waals surface area contributed by atoms with Crippen molar-refractivity contribution < 1.29 is 57.5 Å². The summed E-state index contributed by atoms with van der Waals surface area (Å²) < 4.78 is 34.1. The average Bonchev–Trinajstić information content (AvgIpc) is 2.87. The Hall–Kier alpha value is -2.73. The van der Waals surface area contributed by atoms with Crippen LogP contribution in [0.2, 0.25) is 0 Å². The SMILES string of the molecule is COc1ccc(Cc2ccccc2OP(=O)([O-])Oc2ccccc2Cc2ccc(OC)cc2)cc1.[Na+]. The first kappa shape index (κ1) is 27.9. The Kier molecular flexibility index (Phi) is 10.1.